The summed E-state index contributed by atoms with van der Waals surface area (Å²) in [5, 5.41) is 1.10. The molecule has 33 heavy (non-hydrogen) atoms. The Balaban J connectivity index is 2.02. The Morgan fingerprint density at radius 1 is 0.636 bits per heavy atom. The van der Waals surface area contributed by atoms with Gasteiger partial charge in [-0.1, -0.05) is 94.6 Å². The molecule has 0 aliphatic carbocycles. The van der Waals surface area contributed by atoms with Gasteiger partial charge in [0.1, 0.15) is 11.5 Å². The van der Waals surface area contributed by atoms with Crippen molar-refractivity contribution < 1.29 is 9.05 Å². The van der Waals surface area contributed by atoms with E-state index in [2.05, 4.69) is 111 Å². The molecule has 0 radical (unpaired) electrons. The normalized spacial score (nSPS) is 14.5. The number of fused-ring (bicyclic) bond motifs is 2. The Labute approximate surface area is 201 Å². The van der Waals surface area contributed by atoms with Crippen molar-refractivity contribution in [3.63, 3.8) is 0 Å². The average molecular weight is 461 g/mol. The second-order valence-electron chi connectivity index (χ2n) is 11.6. The molecule has 3 aromatic rings. The van der Waals surface area contributed by atoms with Gasteiger partial charge in [-0.3, -0.25) is 0 Å². The Morgan fingerprint density at radius 3 is 1.55 bits per heavy atom. The molecular formula is C30H37O2P. The number of hydrogen-bond donors (Lipinski definition) is 0. The second-order valence-corrected chi connectivity index (χ2v) is 13.0. The maximum Gasteiger partial charge on any atom is 0.326 e. The lowest BCUT2D eigenvalue weighted by Gasteiger charge is -2.33. The first-order chi connectivity index (χ1) is 15.3. The monoisotopic (exact) mass is 460 g/mol. The van der Waals surface area contributed by atoms with E-state index in [9.17, 15) is 0 Å². The molecule has 0 fully saturated rings. The minimum absolute atomic E-state index is 0.0328. The summed E-state index contributed by atoms with van der Waals surface area (Å²) in [6.45, 7) is 20.1. The van der Waals surface area contributed by atoms with Gasteiger partial charge in [0.05, 0.1) is 5.30 Å². The van der Waals surface area contributed by atoms with E-state index < -0.39 is 8.38 Å². The van der Waals surface area contributed by atoms with Crippen molar-refractivity contribution in [2.45, 2.75) is 79.6 Å². The maximum absolute atomic E-state index is 6.89. The molecule has 174 valence electrons. The molecule has 0 bridgehead atoms. The summed E-state index contributed by atoms with van der Waals surface area (Å²) in [4.78, 5) is 0. The maximum atomic E-state index is 6.89. The zero-order valence-electron chi connectivity index (χ0n) is 21.6. The van der Waals surface area contributed by atoms with Crippen molar-refractivity contribution in [2.75, 3.05) is 0 Å². The smallest absolute Gasteiger partial charge is 0.326 e. The summed E-state index contributed by atoms with van der Waals surface area (Å²) >= 11 is 0. The zero-order chi connectivity index (χ0) is 24.1. The fraction of sp³-hybridized carbons (Fsp3) is 0.400. The van der Waals surface area contributed by atoms with E-state index in [1.165, 1.54) is 38.9 Å². The van der Waals surface area contributed by atoms with Gasteiger partial charge in [0.25, 0.3) is 0 Å². The molecule has 2 nitrogen and oxygen atoms in total. The van der Waals surface area contributed by atoms with E-state index in [0.29, 0.717) is 0 Å². The molecule has 0 saturated heterocycles. The lowest BCUT2D eigenvalue weighted by atomic mass is 9.81. The van der Waals surface area contributed by atoms with Gasteiger partial charge in [0.15, 0.2) is 0 Å². The predicted octanol–water partition coefficient (Wildman–Crippen LogP) is 8.21. The number of benzene rings is 3. The van der Waals surface area contributed by atoms with E-state index in [1.54, 1.807) is 0 Å². The van der Waals surface area contributed by atoms with Crippen molar-refractivity contribution in [3.05, 3.63) is 87.5 Å². The molecule has 0 spiro atoms. The zero-order valence-corrected chi connectivity index (χ0v) is 22.5. The molecular weight excluding hydrogens is 423 g/mol. The third-order valence-corrected chi connectivity index (χ3v) is 7.57. The molecule has 0 saturated carbocycles. The van der Waals surface area contributed by atoms with E-state index in [1.807, 2.05) is 0 Å². The van der Waals surface area contributed by atoms with Gasteiger partial charge in [-0.15, -0.1) is 0 Å². The molecule has 0 unspecified atom stereocenters. The fourth-order valence-electron chi connectivity index (χ4n) is 4.53. The van der Waals surface area contributed by atoms with Crippen LogP contribution in [-0.4, -0.2) is 0 Å². The van der Waals surface area contributed by atoms with Gasteiger partial charge in [-0.25, -0.2) is 0 Å². The van der Waals surface area contributed by atoms with Gasteiger partial charge < -0.3 is 9.05 Å². The Bertz CT molecular complexity index is 1120. The first-order valence-corrected chi connectivity index (χ1v) is 13.0. The summed E-state index contributed by atoms with van der Waals surface area (Å²) in [7, 11) is -1.35. The van der Waals surface area contributed by atoms with Crippen LogP contribution in [0.2, 0.25) is 0 Å². The summed E-state index contributed by atoms with van der Waals surface area (Å²) in [5.74, 6) is 1.98. The van der Waals surface area contributed by atoms with Crippen LogP contribution in [0, 0.1) is 20.8 Å². The molecule has 1 aliphatic rings. The molecule has 1 heterocycles. The third-order valence-electron chi connectivity index (χ3n) is 6.18. The van der Waals surface area contributed by atoms with E-state index in [4.69, 9.17) is 9.05 Å². The van der Waals surface area contributed by atoms with Crippen molar-refractivity contribution in [1.82, 2.24) is 0 Å². The molecule has 0 atom stereocenters. The van der Waals surface area contributed by atoms with Gasteiger partial charge in [0, 0.05) is 17.5 Å². The van der Waals surface area contributed by atoms with Crippen LogP contribution in [-0.2, 0) is 17.3 Å². The lowest BCUT2D eigenvalue weighted by molar-refractivity contribution is 0.457. The molecule has 1 aliphatic heterocycles. The van der Waals surface area contributed by atoms with Crippen LogP contribution in [0.3, 0.4) is 0 Å². The average Bonchev–Trinajstić information content (AvgIpc) is 2.67. The van der Waals surface area contributed by atoms with Gasteiger partial charge >= 0.3 is 8.38 Å². The van der Waals surface area contributed by atoms with Gasteiger partial charge in [-0.05, 0) is 54.9 Å². The Morgan fingerprint density at radius 2 is 1.12 bits per heavy atom. The van der Waals surface area contributed by atoms with Crippen LogP contribution in [0.4, 0.5) is 0 Å². The highest BCUT2D eigenvalue weighted by Crippen LogP contribution is 2.51. The first-order valence-electron chi connectivity index (χ1n) is 11.8. The topological polar surface area (TPSA) is 18.5 Å². The highest BCUT2D eigenvalue weighted by Gasteiger charge is 2.32. The summed E-state index contributed by atoms with van der Waals surface area (Å²) in [6.07, 6.45) is 0.803. The SMILES string of the molecule is Cc1cccc(P2Oc3c(cc(C)cc3C(C)(C)C)Cc3cc(C)cc(C(C)(C)C)c3O2)c1. The number of rotatable bonds is 1. The minimum Gasteiger partial charge on any atom is -0.435 e. The fourth-order valence-corrected chi connectivity index (χ4v) is 6.05. The molecule has 0 amide bonds. The van der Waals surface area contributed by atoms with Crippen LogP contribution in [0.15, 0.2) is 48.5 Å². The number of hydrogen-bond acceptors (Lipinski definition) is 2. The molecule has 4 rings (SSSR count). The highest BCUT2D eigenvalue weighted by molar-refractivity contribution is 7.56. The first kappa shape index (κ1) is 23.8. The Hall–Kier alpha value is -2.31. The summed E-state index contributed by atoms with van der Waals surface area (Å²) in [5.41, 5.74) is 8.67. The van der Waals surface area contributed by atoms with Crippen molar-refractivity contribution in [1.29, 1.82) is 0 Å². The highest BCUT2D eigenvalue weighted by atomic mass is 31.2. The molecule has 0 aromatic heterocycles. The van der Waals surface area contributed by atoms with E-state index in [0.717, 1.165) is 23.2 Å². The van der Waals surface area contributed by atoms with Gasteiger partial charge in [-0.2, -0.15) is 0 Å². The largest absolute Gasteiger partial charge is 0.435 e. The molecule has 3 aromatic carbocycles. The predicted molar refractivity (Wildman–Crippen MR) is 142 cm³/mol. The van der Waals surface area contributed by atoms with E-state index >= 15 is 0 Å². The quantitative estimate of drug-likeness (QED) is 0.341. The lowest BCUT2D eigenvalue weighted by Crippen LogP contribution is -2.21. The second kappa shape index (κ2) is 8.48. The van der Waals surface area contributed by atoms with Gasteiger partial charge in [0.2, 0.25) is 0 Å². The van der Waals surface area contributed by atoms with Crippen molar-refractivity contribution in [2.24, 2.45) is 0 Å². The van der Waals surface area contributed by atoms with Crippen LogP contribution >= 0.6 is 8.38 Å². The van der Waals surface area contributed by atoms with Crippen LogP contribution in [0.25, 0.3) is 0 Å². The summed E-state index contributed by atoms with van der Waals surface area (Å²) in [6, 6.07) is 17.7. The standard InChI is InChI=1S/C30H37O2P/c1-19-11-10-12-24(15-19)33-31-27-22(13-20(2)16-25(27)29(4,5)6)18-23-14-21(3)17-26(28(23)32-33)30(7,8)9/h10-17H,18H2,1-9H3. The van der Waals surface area contributed by atoms with Crippen molar-refractivity contribution >= 4 is 13.7 Å². The minimum atomic E-state index is -1.35. The third kappa shape index (κ3) is 4.97. The van der Waals surface area contributed by atoms with Crippen LogP contribution in [0.1, 0.15) is 80.5 Å². The van der Waals surface area contributed by atoms with Crippen molar-refractivity contribution in [3.8, 4) is 11.5 Å². The Kier molecular flexibility index (Phi) is 6.12. The van der Waals surface area contributed by atoms with Crippen LogP contribution < -0.4 is 14.4 Å². The van der Waals surface area contributed by atoms with Crippen LogP contribution in [0.5, 0.6) is 11.5 Å². The summed E-state index contributed by atoms with van der Waals surface area (Å²) < 4.78 is 13.8. The number of aryl methyl sites for hydroxylation is 3. The molecule has 0 N–H and O–H groups in total. The van der Waals surface area contributed by atoms with E-state index in [-0.39, 0.29) is 10.8 Å². The molecule has 3 heteroatoms.